The van der Waals surface area contributed by atoms with Crippen molar-refractivity contribution in [2.24, 2.45) is 0 Å². The van der Waals surface area contributed by atoms with Gasteiger partial charge in [-0.1, -0.05) is 41.5 Å². The summed E-state index contributed by atoms with van der Waals surface area (Å²) in [6.07, 6.45) is 20.9. The van der Waals surface area contributed by atoms with Crippen LogP contribution in [0.1, 0.15) is 48.0 Å². The van der Waals surface area contributed by atoms with Crippen LogP contribution >= 0.6 is 0 Å². The maximum atomic E-state index is 3.49. The molecule has 2 fully saturated rings. The summed E-state index contributed by atoms with van der Waals surface area (Å²) in [7, 11) is 0. The van der Waals surface area contributed by atoms with Crippen LogP contribution in [0.4, 0.5) is 0 Å². The van der Waals surface area contributed by atoms with Gasteiger partial charge in [-0.25, -0.2) is 19.1 Å². The third kappa shape index (κ3) is 11.2. The molecule has 0 aromatic carbocycles. The Morgan fingerprint density at radius 1 is 0.625 bits per heavy atom. The van der Waals surface area contributed by atoms with Gasteiger partial charge in [0.1, 0.15) is 0 Å². The summed E-state index contributed by atoms with van der Waals surface area (Å²) in [6.45, 7) is 16.6. The molecule has 0 nitrogen and oxygen atoms in total. The zero-order valence-corrected chi connectivity index (χ0v) is 18.6. The summed E-state index contributed by atoms with van der Waals surface area (Å²) in [5.74, 6) is 7.34. The van der Waals surface area contributed by atoms with E-state index in [0.717, 1.165) is 6.42 Å². The fourth-order valence-electron chi connectivity index (χ4n) is 2.09. The van der Waals surface area contributed by atoms with E-state index in [4.69, 9.17) is 0 Å². The fraction of sp³-hybridized carbons (Fsp3) is 0.304. The number of rotatable bonds is 1. The smallest absolute Gasteiger partial charge is 0 e. The van der Waals surface area contributed by atoms with Crippen molar-refractivity contribution in [2.75, 3.05) is 0 Å². The molecule has 0 aliphatic heterocycles. The van der Waals surface area contributed by atoms with Crippen molar-refractivity contribution in [1.29, 1.82) is 0 Å². The molecule has 0 N–H and O–H groups in total. The predicted octanol–water partition coefficient (Wildman–Crippen LogP) is 6.39. The van der Waals surface area contributed by atoms with Crippen LogP contribution < -0.4 is 0 Å². The van der Waals surface area contributed by atoms with E-state index in [2.05, 4.69) is 48.5 Å². The minimum atomic E-state index is 0. The fourth-order valence-corrected chi connectivity index (χ4v) is 2.09. The zero-order chi connectivity index (χ0) is 17.7. The van der Waals surface area contributed by atoms with Crippen molar-refractivity contribution >= 4 is 0 Å². The summed E-state index contributed by atoms with van der Waals surface area (Å²) in [6, 6.07) is 0. The molecule has 13 radical (unpaired) electrons. The normalized spacial score (nSPS) is 21.9. The predicted molar refractivity (Wildman–Crippen MR) is 104 cm³/mol. The average Bonchev–Trinajstić information content (AvgIpc) is 2.67. The van der Waals surface area contributed by atoms with Gasteiger partial charge in [-0.2, -0.15) is 0 Å². The van der Waals surface area contributed by atoms with E-state index in [0.29, 0.717) is 0 Å². The average molecular weight is 400 g/mol. The molecule has 2 rings (SSSR count). The molecule has 2 saturated carbocycles. The molecule has 2 aliphatic carbocycles. The standard InChI is InChI=1S/C10H15.C8H8.C5H9.Zr/c1-6-7(2)9(4)10(5)8(6)3;1-2-4-6-8-7-5-3-1;1-3-5-4-2;/h1-5H3;1-8H;3,5H,1,4H2,2H3;/q;;-1;/b;;5-3+;. The quantitative estimate of drug-likeness (QED) is 0.448. The van der Waals surface area contributed by atoms with Gasteiger partial charge in [0.25, 0.3) is 0 Å². The van der Waals surface area contributed by atoms with Crippen LogP contribution in [-0.2, 0) is 26.2 Å². The summed E-state index contributed by atoms with van der Waals surface area (Å²) in [5, 5.41) is 0. The van der Waals surface area contributed by atoms with Crippen LogP contribution in [0.3, 0.4) is 0 Å². The Morgan fingerprint density at radius 2 is 0.833 bits per heavy atom. The SMILES string of the molecule is C[C]1[C](C)[C](C)[C](C)[C]1C.[CH2-]/C=C/CC.[CH]1[CH][CH][CH][CH][CH][CH][CH]1.[Zr]. The van der Waals surface area contributed by atoms with Gasteiger partial charge in [0.05, 0.1) is 0 Å². The summed E-state index contributed by atoms with van der Waals surface area (Å²) < 4.78 is 0. The molecule has 0 unspecified atom stereocenters. The van der Waals surface area contributed by atoms with Gasteiger partial charge in [0.2, 0.25) is 0 Å². The third-order valence-electron chi connectivity index (χ3n) is 4.10. The van der Waals surface area contributed by atoms with Gasteiger partial charge in [-0.15, -0.1) is 6.42 Å². The van der Waals surface area contributed by atoms with Crippen molar-refractivity contribution in [3.8, 4) is 0 Å². The maximum absolute atomic E-state index is 3.49. The summed E-state index contributed by atoms with van der Waals surface area (Å²) in [5.41, 5.74) is 0. The summed E-state index contributed by atoms with van der Waals surface area (Å²) in [4.78, 5) is 0. The molecule has 1 heteroatoms. The number of hydrogen-bond acceptors (Lipinski definition) is 0. The van der Waals surface area contributed by atoms with Crippen LogP contribution in [0.5, 0.6) is 0 Å². The van der Waals surface area contributed by atoms with Crippen molar-refractivity contribution < 1.29 is 26.2 Å². The molecule has 0 saturated heterocycles. The minimum absolute atomic E-state index is 0. The van der Waals surface area contributed by atoms with E-state index in [1.165, 1.54) is 29.6 Å². The molecule has 0 aromatic rings. The molecule has 0 spiro atoms. The Bertz CT molecular complexity index is 215. The van der Waals surface area contributed by atoms with Crippen LogP contribution in [-0.4, -0.2) is 0 Å². The Balaban J connectivity index is 0. The molecule has 0 bridgehead atoms. The first-order valence-corrected chi connectivity index (χ1v) is 8.27. The third-order valence-corrected chi connectivity index (χ3v) is 4.10. The van der Waals surface area contributed by atoms with Gasteiger partial charge in [0, 0.05) is 26.2 Å². The van der Waals surface area contributed by atoms with Crippen LogP contribution in [0.15, 0.2) is 12.2 Å². The second kappa shape index (κ2) is 16.9. The molecule has 0 aromatic heterocycles. The minimum Gasteiger partial charge on any atom is -0.245 e. The Morgan fingerprint density at radius 3 is 0.917 bits per heavy atom. The molecule has 0 amide bonds. The van der Waals surface area contributed by atoms with Crippen molar-refractivity contribution in [1.82, 2.24) is 0 Å². The molecule has 0 heterocycles. The van der Waals surface area contributed by atoms with Crippen molar-refractivity contribution in [2.45, 2.75) is 48.0 Å². The van der Waals surface area contributed by atoms with Gasteiger partial charge >= 0.3 is 0 Å². The Hall–Kier alpha value is 0.493. The first-order valence-electron chi connectivity index (χ1n) is 8.27. The van der Waals surface area contributed by atoms with Crippen LogP contribution in [0, 0.1) is 87.9 Å². The van der Waals surface area contributed by atoms with Gasteiger partial charge in [-0.05, 0) is 81.0 Å². The maximum Gasteiger partial charge on any atom is 0 e. The van der Waals surface area contributed by atoms with E-state index < -0.39 is 0 Å². The molecular weight excluding hydrogens is 367 g/mol. The zero-order valence-electron chi connectivity index (χ0n) is 16.2. The van der Waals surface area contributed by atoms with Gasteiger partial charge in [0.15, 0.2) is 0 Å². The molecule has 24 heavy (non-hydrogen) atoms. The summed E-state index contributed by atoms with van der Waals surface area (Å²) >= 11 is 0. The Labute approximate surface area is 173 Å². The molecule has 129 valence electrons. The van der Waals surface area contributed by atoms with E-state index in [9.17, 15) is 0 Å². The van der Waals surface area contributed by atoms with Gasteiger partial charge < -0.3 is 0 Å². The van der Waals surface area contributed by atoms with Gasteiger partial charge in [-0.3, -0.25) is 0 Å². The molecule has 2 aliphatic rings. The second-order valence-electron chi connectivity index (χ2n) is 5.54. The second-order valence-corrected chi connectivity index (χ2v) is 5.54. The molecule has 0 atom stereocenters. The largest absolute Gasteiger partial charge is 0.245 e. The van der Waals surface area contributed by atoms with Crippen molar-refractivity contribution in [3.63, 3.8) is 0 Å². The number of allylic oxidation sites excluding steroid dienone is 2. The van der Waals surface area contributed by atoms with E-state index in [1.807, 2.05) is 57.4 Å². The van der Waals surface area contributed by atoms with E-state index in [1.54, 1.807) is 6.08 Å². The Kier molecular flexibility index (Phi) is 18.9. The van der Waals surface area contributed by atoms with E-state index >= 15 is 0 Å². The first kappa shape index (κ1) is 26.7. The number of hydrogen-bond donors (Lipinski definition) is 0. The first-order chi connectivity index (χ1) is 11.0. The molecular formula is C23H32Zr-. The topological polar surface area (TPSA) is 0 Å². The van der Waals surface area contributed by atoms with Crippen molar-refractivity contribution in [3.05, 3.63) is 100 Å². The van der Waals surface area contributed by atoms with Crippen LogP contribution in [0.25, 0.3) is 0 Å². The van der Waals surface area contributed by atoms with Crippen LogP contribution in [0.2, 0.25) is 0 Å². The monoisotopic (exact) mass is 398 g/mol. The van der Waals surface area contributed by atoms with E-state index in [-0.39, 0.29) is 26.2 Å².